The molecule has 19 heteroatoms. The fourth-order valence-corrected chi connectivity index (χ4v) is 16.6. The molecule has 0 heterocycles. The molecule has 0 spiro atoms. The summed E-state index contributed by atoms with van der Waals surface area (Å²) >= 11 is 0. The molecule has 0 aliphatic heterocycles. The van der Waals surface area contributed by atoms with Crippen LogP contribution in [0.4, 0.5) is 52.7 Å². The van der Waals surface area contributed by atoms with Crippen molar-refractivity contribution in [2.24, 2.45) is 0 Å². The quantitative estimate of drug-likeness (QED) is 0.0841. The third-order valence-electron chi connectivity index (χ3n) is 5.35. The van der Waals surface area contributed by atoms with E-state index in [2.05, 4.69) is 13.3 Å². The van der Waals surface area contributed by atoms with E-state index in [1.807, 2.05) is 6.92 Å². The summed E-state index contributed by atoms with van der Waals surface area (Å²) in [5, 5.41) is -2.30. The molecule has 0 saturated heterocycles. The van der Waals surface area contributed by atoms with Crippen LogP contribution in [0.25, 0.3) is 0 Å². The maximum Gasteiger partial charge on any atom is 0.517 e. The Kier molecular flexibility index (Phi) is 14.1. The minimum absolute atomic E-state index is 0.138. The fourth-order valence-electron chi connectivity index (χ4n) is 3.85. The minimum atomic E-state index is -7.07. The summed E-state index contributed by atoms with van der Waals surface area (Å²) < 4.78 is 180. The van der Waals surface area contributed by atoms with Crippen LogP contribution in [0.2, 0.25) is 31.4 Å². The monoisotopic (exact) mass is 651 g/mol. The number of hydrogen-bond donors (Lipinski definition) is 0. The maximum absolute atomic E-state index is 14.2. The van der Waals surface area contributed by atoms with Gasteiger partial charge in [0.2, 0.25) is 0 Å². The van der Waals surface area contributed by atoms with Gasteiger partial charge in [-0.05, 0) is 32.6 Å². The van der Waals surface area contributed by atoms with Crippen molar-refractivity contribution in [3.8, 4) is 0 Å². The molecular formula is C20H35F12O4Si3. The molecule has 0 aromatic carbocycles. The number of halogens is 12. The molecule has 235 valence electrons. The Morgan fingerprint density at radius 1 is 0.641 bits per heavy atom. The highest BCUT2D eigenvalue weighted by atomic mass is 28.5. The van der Waals surface area contributed by atoms with Crippen LogP contribution in [0.5, 0.6) is 0 Å². The van der Waals surface area contributed by atoms with Gasteiger partial charge < -0.3 is 17.4 Å². The van der Waals surface area contributed by atoms with Crippen LogP contribution in [0.15, 0.2) is 0 Å². The molecule has 0 rings (SSSR count). The molecule has 1 unspecified atom stereocenters. The van der Waals surface area contributed by atoms with Crippen molar-refractivity contribution in [1.29, 1.82) is 0 Å². The van der Waals surface area contributed by atoms with Crippen molar-refractivity contribution in [3.05, 3.63) is 0 Å². The van der Waals surface area contributed by atoms with Crippen LogP contribution >= 0.6 is 0 Å². The zero-order valence-corrected chi connectivity index (χ0v) is 25.4. The normalized spacial score (nSPS) is 15.8. The van der Waals surface area contributed by atoms with Gasteiger partial charge in [-0.2, -0.15) is 52.7 Å². The van der Waals surface area contributed by atoms with Crippen molar-refractivity contribution >= 4 is 26.2 Å². The standard InChI is InChI=1S/C20H35F12O4Si3/c1-7-8-9-10-11-12-13-14-15(38(5,6)36-37(3)4)39(33-16(2,21)22,34-19(29,30)17(23,24)25)35-20(31,32)18(26,27)28/h15H,7-14H2,1-6H3. The van der Waals surface area contributed by atoms with E-state index in [0.717, 1.165) is 32.4 Å². The Balaban J connectivity index is 7.01. The number of alkyl halides is 12. The summed E-state index contributed by atoms with van der Waals surface area (Å²) in [5.74, 6) is 0. The van der Waals surface area contributed by atoms with Gasteiger partial charge in [0.25, 0.3) is 0 Å². The SMILES string of the molecule is CCCCCCCCCC([Si](C)(C)O[Si](C)C)[Si](OC(C)(F)F)(OC(F)(F)C(F)(F)F)OC(F)(F)C(F)(F)F. The summed E-state index contributed by atoms with van der Waals surface area (Å²) in [5.41, 5.74) is 0. The third kappa shape index (κ3) is 12.6. The molecule has 0 aliphatic rings. The summed E-state index contributed by atoms with van der Waals surface area (Å²) in [6.45, 7) is 6.82. The predicted molar refractivity (Wildman–Crippen MR) is 124 cm³/mol. The van der Waals surface area contributed by atoms with Crippen molar-refractivity contribution in [2.75, 3.05) is 0 Å². The van der Waals surface area contributed by atoms with Gasteiger partial charge in [-0.25, -0.2) is 0 Å². The Morgan fingerprint density at radius 2 is 1.03 bits per heavy atom. The lowest BCUT2D eigenvalue weighted by Crippen LogP contribution is -2.68. The highest BCUT2D eigenvalue weighted by Crippen LogP contribution is 2.51. The smallest absolute Gasteiger partial charge is 0.455 e. The molecule has 1 atom stereocenters. The average molecular weight is 652 g/mol. The van der Waals surface area contributed by atoms with Gasteiger partial charge >= 0.3 is 39.5 Å². The minimum Gasteiger partial charge on any atom is -0.455 e. The van der Waals surface area contributed by atoms with E-state index in [0.29, 0.717) is 12.8 Å². The van der Waals surface area contributed by atoms with Gasteiger partial charge in [-0.3, -0.25) is 0 Å². The molecule has 1 radical (unpaired) electrons. The molecule has 0 aliphatic carbocycles. The first-order valence-electron chi connectivity index (χ1n) is 12.1. The van der Waals surface area contributed by atoms with E-state index in [1.165, 1.54) is 13.1 Å². The number of hydrogen-bond acceptors (Lipinski definition) is 4. The Labute approximate surface area is 223 Å². The molecule has 0 N–H and O–H groups in total. The van der Waals surface area contributed by atoms with Crippen molar-refractivity contribution in [1.82, 2.24) is 0 Å². The molecular weight excluding hydrogens is 616 g/mol. The zero-order valence-electron chi connectivity index (χ0n) is 22.4. The Morgan fingerprint density at radius 3 is 1.36 bits per heavy atom. The summed E-state index contributed by atoms with van der Waals surface area (Å²) in [7, 11) is -13.0. The molecule has 0 saturated carbocycles. The molecule has 0 amide bonds. The highest BCUT2D eigenvalue weighted by Gasteiger charge is 2.75. The van der Waals surface area contributed by atoms with Gasteiger partial charge in [0.05, 0.1) is 0 Å². The molecule has 39 heavy (non-hydrogen) atoms. The molecule has 0 aromatic rings. The zero-order chi connectivity index (χ0) is 31.1. The second-order valence-electron chi connectivity index (χ2n) is 9.82. The van der Waals surface area contributed by atoms with Gasteiger partial charge in [0.1, 0.15) is 0 Å². The van der Waals surface area contributed by atoms with Crippen LogP contribution in [-0.4, -0.2) is 56.8 Å². The molecule has 0 aromatic heterocycles. The highest BCUT2D eigenvalue weighted by molar-refractivity contribution is 6.90. The van der Waals surface area contributed by atoms with E-state index in [1.54, 1.807) is 0 Å². The first kappa shape index (κ1) is 38.7. The lowest BCUT2D eigenvalue weighted by Gasteiger charge is -2.46. The maximum atomic E-state index is 14.2. The van der Waals surface area contributed by atoms with Crippen LogP contribution in [-0.2, 0) is 17.4 Å². The van der Waals surface area contributed by atoms with Crippen molar-refractivity contribution in [3.63, 3.8) is 0 Å². The number of rotatable bonds is 18. The van der Waals surface area contributed by atoms with E-state index < -0.39 is 68.4 Å². The number of unbranched alkanes of at least 4 members (excludes halogenated alkanes) is 6. The van der Waals surface area contributed by atoms with Gasteiger partial charge in [-0.15, -0.1) is 0 Å². The largest absolute Gasteiger partial charge is 0.517 e. The van der Waals surface area contributed by atoms with Crippen LogP contribution < -0.4 is 0 Å². The van der Waals surface area contributed by atoms with Gasteiger partial charge in [0.15, 0.2) is 17.4 Å². The van der Waals surface area contributed by atoms with E-state index in [-0.39, 0.29) is 19.8 Å². The van der Waals surface area contributed by atoms with Crippen LogP contribution in [0, 0.1) is 0 Å². The first-order valence-corrected chi connectivity index (χ1v) is 19.3. The fraction of sp³-hybridized carbons (Fsp3) is 1.00. The first-order chi connectivity index (χ1) is 17.2. The topological polar surface area (TPSA) is 36.9 Å². The summed E-state index contributed by atoms with van der Waals surface area (Å²) in [6.07, 6.45) is -28.1. The predicted octanol–water partition coefficient (Wildman–Crippen LogP) is 9.42. The van der Waals surface area contributed by atoms with Crippen LogP contribution in [0.1, 0.15) is 65.2 Å². The molecule has 0 fully saturated rings. The molecule has 4 nitrogen and oxygen atoms in total. The average Bonchev–Trinajstić information content (AvgIpc) is 2.64. The Hall–Kier alpha value is -0.349. The Bertz CT molecular complexity index is 700. The van der Waals surface area contributed by atoms with Crippen LogP contribution in [0.3, 0.4) is 0 Å². The lowest BCUT2D eigenvalue weighted by molar-refractivity contribution is -0.405. The molecule has 0 bridgehead atoms. The second kappa shape index (κ2) is 14.2. The second-order valence-corrected chi connectivity index (χ2v) is 19.5. The summed E-state index contributed by atoms with van der Waals surface area (Å²) in [4.78, 5) is 0. The van der Waals surface area contributed by atoms with E-state index in [9.17, 15) is 52.7 Å². The van der Waals surface area contributed by atoms with Crippen molar-refractivity contribution < 1.29 is 70.1 Å². The van der Waals surface area contributed by atoms with Gasteiger partial charge in [-0.1, -0.05) is 51.9 Å². The third-order valence-corrected chi connectivity index (χ3v) is 17.1. The van der Waals surface area contributed by atoms with Crippen molar-refractivity contribution in [2.45, 2.75) is 127 Å². The lowest BCUT2D eigenvalue weighted by atomic mass is 10.1. The van der Waals surface area contributed by atoms with Gasteiger partial charge in [0, 0.05) is 12.1 Å². The van der Waals surface area contributed by atoms with E-state index in [4.69, 9.17) is 4.12 Å². The van der Waals surface area contributed by atoms with E-state index >= 15 is 0 Å². The summed E-state index contributed by atoms with van der Waals surface area (Å²) in [6, 6.07) is 0.